The van der Waals surface area contributed by atoms with Crippen molar-refractivity contribution in [1.29, 1.82) is 0 Å². The highest BCUT2D eigenvalue weighted by Gasteiger charge is 2.14. The molecule has 0 saturated heterocycles. The second-order valence-corrected chi connectivity index (χ2v) is 4.18. The summed E-state index contributed by atoms with van der Waals surface area (Å²) >= 11 is 0. The second-order valence-electron chi connectivity index (χ2n) is 4.18. The first kappa shape index (κ1) is 14.2. The van der Waals surface area contributed by atoms with Crippen molar-refractivity contribution in [3.63, 3.8) is 0 Å². The van der Waals surface area contributed by atoms with E-state index in [9.17, 15) is 9.59 Å². The molecule has 1 aromatic heterocycles. The Morgan fingerprint density at radius 2 is 2.11 bits per heavy atom. The van der Waals surface area contributed by atoms with Gasteiger partial charge in [-0.1, -0.05) is 13.0 Å². The Balaban J connectivity index is 2.59. The number of amides is 1. The molecule has 1 amide bonds. The number of aromatic nitrogens is 1. The first-order chi connectivity index (χ1) is 8.52. The lowest BCUT2D eigenvalue weighted by Gasteiger charge is -2.16. The van der Waals surface area contributed by atoms with Crippen LogP contribution in [0.1, 0.15) is 43.5 Å². The minimum atomic E-state index is -0.966. The van der Waals surface area contributed by atoms with Gasteiger partial charge in [-0.15, -0.1) is 0 Å². The van der Waals surface area contributed by atoms with Crippen molar-refractivity contribution in [2.75, 3.05) is 0 Å². The molecule has 1 aromatic rings. The molecule has 1 rings (SSSR count). The number of rotatable bonds is 6. The van der Waals surface area contributed by atoms with Crippen LogP contribution in [0, 0.1) is 6.92 Å². The van der Waals surface area contributed by atoms with Crippen molar-refractivity contribution in [3.05, 3.63) is 29.6 Å². The molecule has 0 aliphatic carbocycles. The van der Waals surface area contributed by atoms with E-state index in [1.54, 1.807) is 6.20 Å². The lowest BCUT2D eigenvalue weighted by atomic mass is 10.1. The summed E-state index contributed by atoms with van der Waals surface area (Å²) in [4.78, 5) is 26.2. The summed E-state index contributed by atoms with van der Waals surface area (Å²) in [5.41, 5.74) is 1.86. The first-order valence-electron chi connectivity index (χ1n) is 5.96. The van der Waals surface area contributed by atoms with Crippen molar-refractivity contribution in [1.82, 2.24) is 10.3 Å². The molecule has 1 heterocycles. The number of nitrogens with zero attached hydrogens (tertiary/aromatic N) is 1. The standard InChI is InChI=1S/C13H18N2O3/c1-3-10(11-5-4-9(2)8-14-11)15-12(16)6-7-13(17)18/h4-5,8,10H,3,6-7H2,1-2H3,(H,15,16)(H,17,18). The van der Waals surface area contributed by atoms with Crippen LogP contribution in [-0.2, 0) is 9.59 Å². The Bertz CT molecular complexity index is 415. The fourth-order valence-electron chi connectivity index (χ4n) is 1.56. The molecule has 0 aliphatic rings. The fourth-order valence-corrected chi connectivity index (χ4v) is 1.56. The fraction of sp³-hybridized carbons (Fsp3) is 0.462. The van der Waals surface area contributed by atoms with E-state index >= 15 is 0 Å². The van der Waals surface area contributed by atoms with E-state index in [-0.39, 0.29) is 24.8 Å². The van der Waals surface area contributed by atoms with Crippen LogP contribution >= 0.6 is 0 Å². The highest BCUT2D eigenvalue weighted by atomic mass is 16.4. The quantitative estimate of drug-likeness (QED) is 0.807. The van der Waals surface area contributed by atoms with E-state index in [4.69, 9.17) is 5.11 Å². The van der Waals surface area contributed by atoms with Gasteiger partial charge >= 0.3 is 5.97 Å². The van der Waals surface area contributed by atoms with E-state index in [1.165, 1.54) is 0 Å². The van der Waals surface area contributed by atoms with Gasteiger partial charge in [0.05, 0.1) is 18.2 Å². The smallest absolute Gasteiger partial charge is 0.303 e. The van der Waals surface area contributed by atoms with Gasteiger partial charge in [0, 0.05) is 12.6 Å². The Kier molecular flexibility index (Phi) is 5.30. The van der Waals surface area contributed by atoms with Gasteiger partial charge in [0.2, 0.25) is 5.91 Å². The highest BCUT2D eigenvalue weighted by Crippen LogP contribution is 2.14. The number of carbonyl (C=O) groups is 2. The van der Waals surface area contributed by atoms with Gasteiger partial charge in [-0.2, -0.15) is 0 Å². The third-order valence-corrected chi connectivity index (χ3v) is 2.60. The molecule has 0 radical (unpaired) electrons. The van der Waals surface area contributed by atoms with E-state index in [0.29, 0.717) is 0 Å². The predicted molar refractivity (Wildman–Crippen MR) is 67.0 cm³/mol. The van der Waals surface area contributed by atoms with Crippen LogP contribution in [0.5, 0.6) is 0 Å². The van der Waals surface area contributed by atoms with Crippen LogP contribution in [0.4, 0.5) is 0 Å². The number of carboxylic acids is 1. The molecule has 1 atom stereocenters. The zero-order valence-electron chi connectivity index (χ0n) is 10.6. The molecule has 0 spiro atoms. The number of aliphatic carboxylic acids is 1. The summed E-state index contributed by atoms with van der Waals surface area (Å²) in [5, 5.41) is 11.3. The maximum absolute atomic E-state index is 11.6. The molecule has 0 bridgehead atoms. The molecular weight excluding hydrogens is 232 g/mol. The van der Waals surface area contributed by atoms with Crippen molar-refractivity contribution < 1.29 is 14.7 Å². The number of hydrogen-bond donors (Lipinski definition) is 2. The molecule has 0 saturated carbocycles. The van der Waals surface area contributed by atoms with E-state index in [0.717, 1.165) is 17.7 Å². The zero-order valence-corrected chi connectivity index (χ0v) is 10.6. The van der Waals surface area contributed by atoms with Gasteiger partial charge < -0.3 is 10.4 Å². The molecule has 0 aromatic carbocycles. The van der Waals surface area contributed by atoms with Crippen LogP contribution in [0.15, 0.2) is 18.3 Å². The summed E-state index contributed by atoms with van der Waals surface area (Å²) in [6.45, 7) is 3.90. The third-order valence-electron chi connectivity index (χ3n) is 2.60. The number of carbonyl (C=O) groups excluding carboxylic acids is 1. The number of carboxylic acid groups (broad SMARTS) is 1. The Hall–Kier alpha value is -1.91. The predicted octanol–water partition coefficient (Wildman–Crippen LogP) is 1.82. The normalized spacial score (nSPS) is 11.9. The monoisotopic (exact) mass is 250 g/mol. The summed E-state index contributed by atoms with van der Waals surface area (Å²) in [6, 6.07) is 3.65. The van der Waals surface area contributed by atoms with E-state index in [2.05, 4.69) is 10.3 Å². The van der Waals surface area contributed by atoms with Crippen LogP contribution in [0.2, 0.25) is 0 Å². The second kappa shape index (κ2) is 6.74. The van der Waals surface area contributed by atoms with Gasteiger partial charge in [0.25, 0.3) is 0 Å². The van der Waals surface area contributed by atoms with E-state index in [1.807, 2.05) is 26.0 Å². The molecular formula is C13H18N2O3. The zero-order chi connectivity index (χ0) is 13.5. The molecule has 18 heavy (non-hydrogen) atoms. The van der Waals surface area contributed by atoms with Crippen LogP contribution in [-0.4, -0.2) is 22.0 Å². The molecule has 5 nitrogen and oxygen atoms in total. The minimum absolute atomic E-state index is 0.00229. The van der Waals surface area contributed by atoms with Crippen LogP contribution < -0.4 is 5.32 Å². The Labute approximate surface area is 106 Å². The van der Waals surface area contributed by atoms with Gasteiger partial charge in [-0.3, -0.25) is 14.6 Å². The lowest BCUT2D eigenvalue weighted by Crippen LogP contribution is -2.29. The Morgan fingerprint density at radius 1 is 1.39 bits per heavy atom. The van der Waals surface area contributed by atoms with Crippen molar-refractivity contribution in [3.8, 4) is 0 Å². The van der Waals surface area contributed by atoms with Gasteiger partial charge in [0.1, 0.15) is 0 Å². The minimum Gasteiger partial charge on any atom is -0.481 e. The van der Waals surface area contributed by atoms with Gasteiger partial charge in [-0.25, -0.2) is 0 Å². The molecule has 98 valence electrons. The maximum atomic E-state index is 11.6. The molecule has 0 aliphatic heterocycles. The lowest BCUT2D eigenvalue weighted by molar-refractivity contribution is -0.138. The van der Waals surface area contributed by atoms with Crippen LogP contribution in [0.3, 0.4) is 0 Å². The van der Waals surface area contributed by atoms with Gasteiger partial charge in [0.15, 0.2) is 0 Å². The molecule has 1 unspecified atom stereocenters. The number of hydrogen-bond acceptors (Lipinski definition) is 3. The van der Waals surface area contributed by atoms with Crippen molar-refractivity contribution in [2.24, 2.45) is 0 Å². The summed E-state index contributed by atoms with van der Waals surface area (Å²) in [7, 11) is 0. The first-order valence-corrected chi connectivity index (χ1v) is 5.96. The van der Waals surface area contributed by atoms with E-state index < -0.39 is 5.97 Å². The van der Waals surface area contributed by atoms with Crippen LogP contribution in [0.25, 0.3) is 0 Å². The summed E-state index contributed by atoms with van der Waals surface area (Å²) in [6.07, 6.45) is 2.32. The largest absolute Gasteiger partial charge is 0.481 e. The number of nitrogens with one attached hydrogen (secondary N) is 1. The summed E-state index contributed by atoms with van der Waals surface area (Å²) in [5.74, 6) is -1.22. The molecule has 2 N–H and O–H groups in total. The maximum Gasteiger partial charge on any atom is 0.303 e. The van der Waals surface area contributed by atoms with Gasteiger partial charge in [-0.05, 0) is 25.0 Å². The molecule has 5 heteroatoms. The average molecular weight is 250 g/mol. The number of pyridine rings is 1. The average Bonchev–Trinajstić information content (AvgIpc) is 2.34. The topological polar surface area (TPSA) is 79.3 Å². The summed E-state index contributed by atoms with van der Waals surface area (Å²) < 4.78 is 0. The van der Waals surface area contributed by atoms with Crippen molar-refractivity contribution >= 4 is 11.9 Å². The SMILES string of the molecule is CCC(NC(=O)CCC(=O)O)c1ccc(C)cn1. The third kappa shape index (κ3) is 4.53. The highest BCUT2D eigenvalue weighted by molar-refractivity contribution is 5.80. The number of aryl methyl sites for hydroxylation is 1. The van der Waals surface area contributed by atoms with Crippen molar-refractivity contribution in [2.45, 2.75) is 39.2 Å². The Morgan fingerprint density at radius 3 is 2.61 bits per heavy atom. The molecule has 0 fully saturated rings.